The van der Waals surface area contributed by atoms with Crippen molar-refractivity contribution in [2.45, 2.75) is 26.0 Å². The van der Waals surface area contributed by atoms with E-state index in [4.69, 9.17) is 43.9 Å². The van der Waals surface area contributed by atoms with E-state index in [0.29, 0.717) is 19.8 Å². The molecular formula is C54H45BN6O3S12. The third-order valence-corrected chi connectivity index (χ3v) is 26.2. The number of para-hydroxylation sites is 6. The lowest BCUT2D eigenvalue weighted by Crippen LogP contribution is -2.35. The van der Waals surface area contributed by atoms with E-state index in [1.807, 2.05) is 0 Å². The van der Waals surface area contributed by atoms with Crippen molar-refractivity contribution in [1.29, 1.82) is 0 Å². The Morgan fingerprint density at radius 1 is 0.289 bits per heavy atom. The number of thioether (sulfide) groups is 6. The number of benzene rings is 6. The van der Waals surface area contributed by atoms with Crippen LogP contribution in [-0.2, 0) is 14.0 Å². The van der Waals surface area contributed by atoms with Crippen LogP contribution < -0.4 is 0 Å². The minimum atomic E-state index is -0.910. The van der Waals surface area contributed by atoms with Crippen LogP contribution in [0.3, 0.4) is 0 Å². The number of hydrogen-bond acceptors (Lipinski definition) is 21. The molecule has 76 heavy (non-hydrogen) atoms. The molecule has 0 aliphatic rings. The molecule has 0 saturated carbocycles. The molecule has 0 saturated heterocycles. The Hall–Kier alpha value is -3.30. The highest BCUT2D eigenvalue weighted by Gasteiger charge is 2.29. The summed E-state index contributed by atoms with van der Waals surface area (Å²) in [6.07, 6.45) is 0. The van der Waals surface area contributed by atoms with Gasteiger partial charge in [0, 0.05) is 54.3 Å². The van der Waals surface area contributed by atoms with Gasteiger partial charge in [0.1, 0.15) is 0 Å². The highest BCUT2D eigenvalue weighted by Crippen LogP contribution is 2.38. The van der Waals surface area contributed by atoms with Crippen LogP contribution in [0.2, 0.25) is 0 Å². The second-order valence-electron chi connectivity index (χ2n) is 17.4. The van der Waals surface area contributed by atoms with Gasteiger partial charge in [0.15, 0.2) is 26.0 Å². The molecule has 9 nitrogen and oxygen atoms in total. The highest BCUT2D eigenvalue weighted by atomic mass is 32.2. The van der Waals surface area contributed by atoms with Crippen LogP contribution in [-0.4, -0.2) is 91.6 Å². The average Bonchev–Trinajstić information content (AvgIpc) is 4.33. The molecule has 0 fully saturated rings. The Balaban J connectivity index is 0.795. The van der Waals surface area contributed by atoms with E-state index in [0.717, 1.165) is 93.7 Å². The highest BCUT2D eigenvalue weighted by molar-refractivity contribution is 8.03. The predicted octanol–water partition coefficient (Wildman–Crippen LogP) is 17.3. The van der Waals surface area contributed by atoms with Gasteiger partial charge in [-0.05, 0) is 90.6 Å². The molecule has 0 aliphatic heterocycles. The molecule has 12 rings (SSSR count). The van der Waals surface area contributed by atoms with Gasteiger partial charge in [-0.15, -0.1) is 68.0 Å². The third kappa shape index (κ3) is 14.2. The van der Waals surface area contributed by atoms with Gasteiger partial charge in [-0.3, -0.25) is 0 Å². The average molecular weight is 1220 g/mol. The molecule has 0 radical (unpaired) electrons. The van der Waals surface area contributed by atoms with Gasteiger partial charge >= 0.3 is 7.32 Å². The van der Waals surface area contributed by atoms with Crippen molar-refractivity contribution in [1.82, 2.24) is 29.9 Å². The molecule has 0 amide bonds. The maximum atomic E-state index is 6.94. The Labute approximate surface area is 489 Å². The zero-order valence-electron chi connectivity index (χ0n) is 40.3. The molecule has 12 aromatic rings. The number of thiazole rings is 6. The number of aromatic nitrogens is 6. The summed E-state index contributed by atoms with van der Waals surface area (Å²) in [5.41, 5.74) is 6.18. The fraction of sp³-hybridized carbons (Fsp3) is 0.222. The SMILES string of the molecule is c1ccc2sc(SCC(COB(OCC(CSc3nc4ccccc4s3)CSc3nc4ccccc4s3)OCC(CSc3nc4ccccc4s3)CSc3nc4ccccc4s3)CSc3nc4ccccc4s3)nc2c1. The zero-order valence-corrected chi connectivity index (χ0v) is 50.1. The minimum absolute atomic E-state index is 0.128. The van der Waals surface area contributed by atoms with E-state index >= 15 is 0 Å². The Bertz CT molecular complexity index is 3000. The zero-order chi connectivity index (χ0) is 50.9. The summed E-state index contributed by atoms with van der Waals surface area (Å²) >= 11 is 21.2. The molecule has 0 spiro atoms. The normalized spacial score (nSPS) is 12.2. The van der Waals surface area contributed by atoms with Crippen LogP contribution >= 0.6 is 139 Å². The van der Waals surface area contributed by atoms with E-state index in [2.05, 4.69) is 146 Å². The van der Waals surface area contributed by atoms with E-state index in [-0.39, 0.29) is 17.8 Å². The van der Waals surface area contributed by atoms with E-state index in [1.165, 1.54) is 28.2 Å². The van der Waals surface area contributed by atoms with Gasteiger partial charge in [-0.1, -0.05) is 143 Å². The van der Waals surface area contributed by atoms with E-state index < -0.39 is 7.32 Å². The van der Waals surface area contributed by atoms with Crippen molar-refractivity contribution in [2.24, 2.45) is 17.8 Å². The van der Waals surface area contributed by atoms with Crippen LogP contribution in [0.1, 0.15) is 0 Å². The van der Waals surface area contributed by atoms with E-state index in [1.54, 1.807) is 139 Å². The van der Waals surface area contributed by atoms with Gasteiger partial charge in [-0.2, -0.15) is 0 Å². The van der Waals surface area contributed by atoms with Crippen molar-refractivity contribution < 1.29 is 14.0 Å². The summed E-state index contributed by atoms with van der Waals surface area (Å²) in [5, 5.41) is 0. The molecular weight excluding hydrogens is 1180 g/mol. The summed E-state index contributed by atoms with van der Waals surface area (Å²) in [4.78, 5) is 29.9. The standard InChI is InChI=1S/C54H45BN6O3S12/c1-7-19-43-37(13-1)56-49(71-43)65-28-34(29-66-50-57-38-14-2-8-20-44(38)72-50)25-62-55(63-26-35(30-67-51-58-39-15-3-9-21-45(39)73-51)31-68-52-59-40-16-4-10-22-46(40)74-52)64-27-36(32-69-53-60-41-17-5-11-23-47(41)75-53)33-70-54-61-42-18-6-12-24-48(42)76-54/h1-24,34-36H,25-33H2. The molecule has 6 heterocycles. The predicted molar refractivity (Wildman–Crippen MR) is 336 cm³/mol. The molecule has 0 atom stereocenters. The van der Waals surface area contributed by atoms with Crippen molar-refractivity contribution in [3.8, 4) is 0 Å². The van der Waals surface area contributed by atoms with Crippen LogP contribution in [0.5, 0.6) is 0 Å². The van der Waals surface area contributed by atoms with Crippen molar-refractivity contribution in [3.05, 3.63) is 146 Å². The van der Waals surface area contributed by atoms with Gasteiger partial charge in [-0.25, -0.2) is 29.9 Å². The Morgan fingerprint density at radius 3 is 0.658 bits per heavy atom. The van der Waals surface area contributed by atoms with Crippen molar-refractivity contribution in [2.75, 3.05) is 54.3 Å². The molecule has 384 valence electrons. The molecule has 0 bridgehead atoms. The molecule has 0 unspecified atom stereocenters. The topological polar surface area (TPSA) is 105 Å². The third-order valence-electron chi connectivity index (χ3n) is 11.7. The fourth-order valence-electron chi connectivity index (χ4n) is 7.83. The summed E-state index contributed by atoms with van der Waals surface area (Å²) in [5.74, 6) is 5.25. The van der Waals surface area contributed by atoms with Gasteiger partial charge in [0.05, 0.1) is 61.3 Å². The summed E-state index contributed by atoms with van der Waals surface area (Å²) in [6.45, 7) is 1.28. The first-order chi connectivity index (χ1) is 37.5. The molecule has 6 aromatic heterocycles. The van der Waals surface area contributed by atoms with Gasteiger partial charge in [0.25, 0.3) is 0 Å². The number of fused-ring (bicyclic) bond motifs is 6. The summed E-state index contributed by atoms with van der Waals surface area (Å²) < 4.78 is 34.3. The number of nitrogens with zero attached hydrogens (tertiary/aromatic N) is 6. The lowest BCUT2D eigenvalue weighted by molar-refractivity contribution is 0.0704. The van der Waals surface area contributed by atoms with Crippen LogP contribution in [0.15, 0.2) is 172 Å². The van der Waals surface area contributed by atoms with Crippen LogP contribution in [0.25, 0.3) is 61.3 Å². The van der Waals surface area contributed by atoms with Crippen LogP contribution in [0, 0.1) is 17.8 Å². The smallest absolute Gasteiger partial charge is 0.386 e. The molecule has 22 heteroatoms. The van der Waals surface area contributed by atoms with Crippen molar-refractivity contribution >= 4 is 207 Å². The quantitative estimate of drug-likeness (QED) is 0.0360. The first-order valence-electron chi connectivity index (χ1n) is 24.3. The summed E-state index contributed by atoms with van der Waals surface area (Å²) in [7, 11) is -0.910. The maximum absolute atomic E-state index is 6.94. The lowest BCUT2D eigenvalue weighted by Gasteiger charge is -2.23. The largest absolute Gasteiger partial charge is 0.639 e. The lowest BCUT2D eigenvalue weighted by atomic mass is 10.1. The number of hydrogen-bond donors (Lipinski definition) is 0. The van der Waals surface area contributed by atoms with Crippen LogP contribution in [0.4, 0.5) is 0 Å². The first kappa shape index (κ1) is 53.4. The Kier molecular flexibility index (Phi) is 18.5. The second-order valence-corrected chi connectivity index (χ2v) is 31.2. The number of rotatable bonds is 27. The minimum Gasteiger partial charge on any atom is -0.386 e. The van der Waals surface area contributed by atoms with E-state index in [9.17, 15) is 0 Å². The first-order valence-corrected chi connectivity index (χ1v) is 35.1. The fourth-order valence-corrected chi connectivity index (χ4v) is 21.2. The monoisotopic (exact) mass is 1220 g/mol. The van der Waals surface area contributed by atoms with Crippen molar-refractivity contribution in [3.63, 3.8) is 0 Å². The molecule has 0 N–H and O–H groups in total. The van der Waals surface area contributed by atoms with Gasteiger partial charge in [0.2, 0.25) is 0 Å². The molecule has 0 aliphatic carbocycles. The molecule has 6 aromatic carbocycles. The maximum Gasteiger partial charge on any atom is 0.639 e. The van der Waals surface area contributed by atoms with Gasteiger partial charge < -0.3 is 14.0 Å². The second kappa shape index (κ2) is 26.3. The summed E-state index contributed by atoms with van der Waals surface area (Å²) in [6, 6.07) is 50.2. The Morgan fingerprint density at radius 2 is 0.474 bits per heavy atom.